The van der Waals surface area contributed by atoms with Crippen LogP contribution in [-0.4, -0.2) is 12.5 Å². The van der Waals surface area contributed by atoms with Gasteiger partial charge in [-0.05, 0) is 35.9 Å². The predicted molar refractivity (Wildman–Crippen MR) is 88.3 cm³/mol. The second-order valence-electron chi connectivity index (χ2n) is 5.59. The molecular weight excluding hydrogens is 305 g/mol. The van der Waals surface area contributed by atoms with E-state index in [0.717, 1.165) is 5.56 Å². The van der Waals surface area contributed by atoms with Gasteiger partial charge in [0.05, 0.1) is 0 Å². The normalized spacial score (nSPS) is 11.2. The van der Waals surface area contributed by atoms with Crippen LogP contribution < -0.4 is 5.32 Å². The Hall–Kier alpha value is -1.51. The highest BCUT2D eigenvalue weighted by atomic mass is 35.5. The third-order valence-electron chi connectivity index (χ3n) is 3.38. The van der Waals surface area contributed by atoms with Gasteiger partial charge >= 0.3 is 0 Å². The van der Waals surface area contributed by atoms with E-state index in [1.807, 2.05) is 24.3 Å². The molecule has 2 rings (SSSR count). The number of benzene rings is 2. The van der Waals surface area contributed by atoms with Crippen molar-refractivity contribution in [2.45, 2.75) is 19.3 Å². The molecule has 0 aliphatic carbocycles. The van der Waals surface area contributed by atoms with Crippen molar-refractivity contribution in [1.82, 2.24) is 5.32 Å². The van der Waals surface area contributed by atoms with Crippen molar-refractivity contribution in [3.63, 3.8) is 0 Å². The topological polar surface area (TPSA) is 29.1 Å². The molecule has 1 N–H and O–H groups in total. The Bertz CT molecular complexity index is 653. The smallest absolute Gasteiger partial charge is 0.251 e. The zero-order valence-electron chi connectivity index (χ0n) is 12.0. The summed E-state index contributed by atoms with van der Waals surface area (Å²) in [6, 6.07) is 14.6. The molecule has 2 aromatic rings. The van der Waals surface area contributed by atoms with E-state index in [1.54, 1.807) is 24.3 Å². The van der Waals surface area contributed by atoms with Crippen LogP contribution in [0.4, 0.5) is 0 Å². The average Bonchev–Trinajstić information content (AvgIpc) is 2.45. The number of carbonyl (C=O) groups excluding carboxylic acids is 1. The monoisotopic (exact) mass is 321 g/mol. The van der Waals surface area contributed by atoms with Crippen LogP contribution in [-0.2, 0) is 5.41 Å². The Morgan fingerprint density at radius 1 is 1.05 bits per heavy atom. The summed E-state index contributed by atoms with van der Waals surface area (Å²) in [7, 11) is 0. The zero-order chi connectivity index (χ0) is 15.5. The van der Waals surface area contributed by atoms with Crippen LogP contribution in [0, 0.1) is 0 Å². The molecule has 0 aliphatic rings. The van der Waals surface area contributed by atoms with E-state index in [0.29, 0.717) is 22.2 Å². The fourth-order valence-electron chi connectivity index (χ4n) is 2.04. The lowest BCUT2D eigenvalue weighted by molar-refractivity contribution is 0.0945. The summed E-state index contributed by atoms with van der Waals surface area (Å²) in [4.78, 5) is 12.1. The molecule has 1 amide bonds. The van der Waals surface area contributed by atoms with Crippen LogP contribution in [0.1, 0.15) is 29.8 Å². The number of carbonyl (C=O) groups is 1. The summed E-state index contributed by atoms with van der Waals surface area (Å²) in [5, 5.41) is 4.19. The summed E-state index contributed by atoms with van der Waals surface area (Å²) in [5.41, 5.74) is 1.44. The lowest BCUT2D eigenvalue weighted by atomic mass is 9.84. The summed E-state index contributed by atoms with van der Waals surface area (Å²) >= 11 is 11.9. The summed E-state index contributed by atoms with van der Waals surface area (Å²) in [5.74, 6) is -0.132. The van der Waals surface area contributed by atoms with Gasteiger partial charge in [0.25, 0.3) is 5.91 Å². The van der Waals surface area contributed by atoms with Crippen LogP contribution in [0.25, 0.3) is 0 Å². The van der Waals surface area contributed by atoms with Crippen LogP contribution in [0.15, 0.2) is 48.5 Å². The Morgan fingerprint density at radius 2 is 1.67 bits per heavy atom. The minimum atomic E-state index is -0.209. The van der Waals surface area contributed by atoms with E-state index in [2.05, 4.69) is 19.2 Å². The lowest BCUT2D eigenvalue weighted by Gasteiger charge is -2.26. The molecule has 0 saturated heterocycles. The van der Waals surface area contributed by atoms with Gasteiger partial charge in [0.15, 0.2) is 0 Å². The first-order chi connectivity index (χ1) is 9.88. The van der Waals surface area contributed by atoms with Crippen LogP contribution in [0.3, 0.4) is 0 Å². The standard InChI is InChI=1S/C17H17Cl2NO/c1-17(2,13-6-4-8-15(19)10-13)11-20-16(21)12-5-3-7-14(18)9-12/h3-10H,11H2,1-2H3,(H,20,21). The molecular formula is C17H17Cl2NO. The minimum absolute atomic E-state index is 0.132. The molecule has 2 nitrogen and oxygen atoms in total. The molecule has 110 valence electrons. The van der Waals surface area contributed by atoms with Gasteiger partial charge in [0.2, 0.25) is 0 Å². The molecule has 0 radical (unpaired) electrons. The molecule has 0 spiro atoms. The summed E-state index contributed by atoms with van der Waals surface area (Å²) < 4.78 is 0. The van der Waals surface area contributed by atoms with Crippen molar-refractivity contribution in [2.24, 2.45) is 0 Å². The van der Waals surface area contributed by atoms with Crippen molar-refractivity contribution >= 4 is 29.1 Å². The van der Waals surface area contributed by atoms with E-state index in [-0.39, 0.29) is 11.3 Å². The third-order valence-corrected chi connectivity index (χ3v) is 3.85. The third kappa shape index (κ3) is 4.23. The van der Waals surface area contributed by atoms with E-state index >= 15 is 0 Å². The second-order valence-corrected chi connectivity index (χ2v) is 6.46. The maximum atomic E-state index is 12.1. The first kappa shape index (κ1) is 15.9. The van der Waals surface area contributed by atoms with Crippen LogP contribution in [0.2, 0.25) is 10.0 Å². The van der Waals surface area contributed by atoms with E-state index in [9.17, 15) is 4.79 Å². The van der Waals surface area contributed by atoms with Crippen LogP contribution >= 0.6 is 23.2 Å². The average molecular weight is 322 g/mol. The molecule has 0 aromatic heterocycles. The number of amides is 1. The number of halogens is 2. The molecule has 0 fully saturated rings. The number of nitrogens with one attached hydrogen (secondary N) is 1. The molecule has 0 aliphatic heterocycles. The van der Waals surface area contributed by atoms with E-state index < -0.39 is 0 Å². The Kier molecular flexibility index (Phi) is 4.92. The Balaban J connectivity index is 2.06. The first-order valence-electron chi connectivity index (χ1n) is 6.68. The van der Waals surface area contributed by atoms with Crippen molar-refractivity contribution in [1.29, 1.82) is 0 Å². The molecule has 0 saturated carbocycles. The molecule has 0 atom stereocenters. The van der Waals surface area contributed by atoms with E-state index in [4.69, 9.17) is 23.2 Å². The highest BCUT2D eigenvalue weighted by Gasteiger charge is 2.22. The number of rotatable bonds is 4. The van der Waals surface area contributed by atoms with Gasteiger partial charge in [0, 0.05) is 27.6 Å². The summed E-state index contributed by atoms with van der Waals surface area (Å²) in [6.45, 7) is 4.65. The van der Waals surface area contributed by atoms with Crippen molar-refractivity contribution < 1.29 is 4.79 Å². The molecule has 2 aromatic carbocycles. The SMILES string of the molecule is CC(C)(CNC(=O)c1cccc(Cl)c1)c1cccc(Cl)c1. The van der Waals surface area contributed by atoms with Crippen LogP contribution in [0.5, 0.6) is 0 Å². The molecule has 4 heteroatoms. The van der Waals surface area contributed by atoms with Gasteiger partial charge in [-0.2, -0.15) is 0 Å². The van der Waals surface area contributed by atoms with Gasteiger partial charge in [-0.3, -0.25) is 4.79 Å². The molecule has 0 unspecified atom stereocenters. The Morgan fingerprint density at radius 3 is 2.29 bits per heavy atom. The molecule has 21 heavy (non-hydrogen) atoms. The zero-order valence-corrected chi connectivity index (χ0v) is 13.5. The minimum Gasteiger partial charge on any atom is -0.351 e. The van der Waals surface area contributed by atoms with Gasteiger partial charge in [-0.25, -0.2) is 0 Å². The molecule has 0 bridgehead atoms. The lowest BCUT2D eigenvalue weighted by Crippen LogP contribution is -2.36. The highest BCUT2D eigenvalue weighted by Crippen LogP contribution is 2.25. The van der Waals surface area contributed by atoms with Gasteiger partial charge in [0.1, 0.15) is 0 Å². The first-order valence-corrected chi connectivity index (χ1v) is 7.44. The predicted octanol–water partition coefficient (Wildman–Crippen LogP) is 4.70. The van der Waals surface area contributed by atoms with Crippen molar-refractivity contribution in [2.75, 3.05) is 6.54 Å². The van der Waals surface area contributed by atoms with Crippen molar-refractivity contribution in [3.05, 3.63) is 69.7 Å². The maximum absolute atomic E-state index is 12.1. The summed E-state index contributed by atoms with van der Waals surface area (Å²) in [6.07, 6.45) is 0. The second kappa shape index (κ2) is 6.50. The van der Waals surface area contributed by atoms with Gasteiger partial charge < -0.3 is 5.32 Å². The fraction of sp³-hybridized carbons (Fsp3) is 0.235. The number of hydrogen-bond acceptors (Lipinski definition) is 1. The van der Waals surface area contributed by atoms with Crippen molar-refractivity contribution in [3.8, 4) is 0 Å². The maximum Gasteiger partial charge on any atom is 0.251 e. The quantitative estimate of drug-likeness (QED) is 0.868. The van der Waals surface area contributed by atoms with Gasteiger partial charge in [-0.15, -0.1) is 0 Å². The van der Waals surface area contributed by atoms with Gasteiger partial charge in [-0.1, -0.05) is 55.2 Å². The highest BCUT2D eigenvalue weighted by molar-refractivity contribution is 6.31. The fourth-order valence-corrected chi connectivity index (χ4v) is 2.43. The largest absolute Gasteiger partial charge is 0.351 e. The molecule has 0 heterocycles. The Labute approximate surface area is 135 Å². The van der Waals surface area contributed by atoms with E-state index in [1.165, 1.54) is 0 Å². The number of hydrogen-bond donors (Lipinski definition) is 1.